The predicted octanol–water partition coefficient (Wildman–Crippen LogP) is 5.38. The molecule has 0 saturated carbocycles. The minimum Gasteiger partial charge on any atom is -0.493 e. The third-order valence-corrected chi connectivity index (χ3v) is 7.80. The SMILES string of the molecule is COc1cc2c3c(c1OC)CCCC3C(CC1CCN(Cc3cccc(F)c3)CC1)C2=O. The molecule has 1 heterocycles. The van der Waals surface area contributed by atoms with Crippen molar-refractivity contribution in [1.82, 2.24) is 4.90 Å². The molecule has 0 aromatic heterocycles. The van der Waals surface area contributed by atoms with Crippen LogP contribution in [-0.4, -0.2) is 38.0 Å². The van der Waals surface area contributed by atoms with Gasteiger partial charge >= 0.3 is 0 Å². The number of methoxy groups -OCH3 is 2. The van der Waals surface area contributed by atoms with Gasteiger partial charge in [0.05, 0.1) is 14.2 Å². The van der Waals surface area contributed by atoms with Crippen LogP contribution in [0.2, 0.25) is 0 Å². The Labute approximate surface area is 189 Å². The van der Waals surface area contributed by atoms with Gasteiger partial charge in [-0.3, -0.25) is 9.69 Å². The number of rotatable bonds is 6. The summed E-state index contributed by atoms with van der Waals surface area (Å²) in [5.41, 5.74) is 4.34. The van der Waals surface area contributed by atoms with Gasteiger partial charge in [-0.05, 0) is 92.8 Å². The number of piperidine rings is 1. The molecular weight excluding hydrogens is 405 g/mol. The van der Waals surface area contributed by atoms with Gasteiger partial charge < -0.3 is 9.47 Å². The highest BCUT2D eigenvalue weighted by molar-refractivity contribution is 6.04. The highest BCUT2D eigenvalue weighted by atomic mass is 19.1. The zero-order valence-corrected chi connectivity index (χ0v) is 19.0. The topological polar surface area (TPSA) is 38.8 Å². The van der Waals surface area contributed by atoms with Crippen LogP contribution in [0.15, 0.2) is 30.3 Å². The second kappa shape index (κ2) is 8.86. The molecule has 2 aromatic carbocycles. The molecule has 0 amide bonds. The predicted molar refractivity (Wildman–Crippen MR) is 122 cm³/mol. The van der Waals surface area contributed by atoms with Gasteiger partial charge in [0.1, 0.15) is 5.82 Å². The quantitative estimate of drug-likeness (QED) is 0.608. The highest BCUT2D eigenvalue weighted by Crippen LogP contribution is 2.53. The van der Waals surface area contributed by atoms with Crippen LogP contribution in [0.5, 0.6) is 11.5 Å². The standard InChI is InChI=1S/C27H32FNO3/c1-31-24-15-23-25-20(7-4-8-21(25)27(24)32-2)22(26(23)30)14-17-9-11-29(12-10-17)16-18-5-3-6-19(28)13-18/h3,5-6,13,15,17,20,22H,4,7-12,14,16H2,1-2H3. The van der Waals surface area contributed by atoms with Gasteiger partial charge in [-0.25, -0.2) is 4.39 Å². The third-order valence-electron chi connectivity index (χ3n) is 7.80. The Bertz CT molecular complexity index is 1010. The number of hydrogen-bond donors (Lipinski definition) is 0. The highest BCUT2D eigenvalue weighted by Gasteiger charge is 2.45. The van der Waals surface area contributed by atoms with Crippen LogP contribution in [0, 0.1) is 17.7 Å². The first-order valence-corrected chi connectivity index (χ1v) is 11.9. The Kier molecular flexibility index (Phi) is 5.93. The largest absolute Gasteiger partial charge is 0.493 e. The molecule has 0 radical (unpaired) electrons. The van der Waals surface area contributed by atoms with Crippen LogP contribution in [0.25, 0.3) is 0 Å². The maximum Gasteiger partial charge on any atom is 0.167 e. The third kappa shape index (κ3) is 3.81. The molecule has 0 bridgehead atoms. The van der Waals surface area contributed by atoms with E-state index >= 15 is 0 Å². The van der Waals surface area contributed by atoms with E-state index in [-0.39, 0.29) is 11.7 Å². The molecule has 2 aliphatic carbocycles. The molecule has 0 spiro atoms. The zero-order valence-electron chi connectivity index (χ0n) is 19.0. The lowest BCUT2D eigenvalue weighted by Gasteiger charge is -2.34. The maximum absolute atomic E-state index is 13.5. The van der Waals surface area contributed by atoms with Gasteiger partial charge in [0.25, 0.3) is 0 Å². The van der Waals surface area contributed by atoms with Gasteiger partial charge in [0.15, 0.2) is 17.3 Å². The van der Waals surface area contributed by atoms with Gasteiger partial charge in [-0.2, -0.15) is 0 Å². The number of hydrogen-bond acceptors (Lipinski definition) is 4. The van der Waals surface area contributed by atoms with Crippen molar-refractivity contribution in [3.05, 3.63) is 58.4 Å². The summed E-state index contributed by atoms with van der Waals surface area (Å²) >= 11 is 0. The van der Waals surface area contributed by atoms with E-state index in [0.29, 0.717) is 23.4 Å². The van der Waals surface area contributed by atoms with Crippen LogP contribution in [-0.2, 0) is 13.0 Å². The fraction of sp³-hybridized carbons (Fsp3) is 0.519. The van der Waals surface area contributed by atoms with E-state index in [0.717, 1.165) is 75.0 Å². The molecule has 2 aromatic rings. The van der Waals surface area contributed by atoms with E-state index < -0.39 is 0 Å². The van der Waals surface area contributed by atoms with E-state index in [1.165, 1.54) is 17.2 Å². The van der Waals surface area contributed by atoms with Crippen LogP contribution < -0.4 is 9.47 Å². The Morgan fingerprint density at radius 1 is 1.09 bits per heavy atom. The van der Waals surface area contributed by atoms with E-state index in [2.05, 4.69) is 4.90 Å². The fourth-order valence-corrected chi connectivity index (χ4v) is 6.29. The van der Waals surface area contributed by atoms with E-state index in [1.807, 2.05) is 12.1 Å². The Morgan fingerprint density at radius 3 is 2.62 bits per heavy atom. The summed E-state index contributed by atoms with van der Waals surface area (Å²) < 4.78 is 24.7. The zero-order chi connectivity index (χ0) is 22.2. The Hall–Kier alpha value is -2.40. The molecule has 170 valence electrons. The monoisotopic (exact) mass is 437 g/mol. The minimum atomic E-state index is -0.170. The average Bonchev–Trinajstić information content (AvgIpc) is 3.07. The molecule has 1 aliphatic heterocycles. The number of carbonyl (C=O) groups is 1. The summed E-state index contributed by atoms with van der Waals surface area (Å²) in [5, 5.41) is 0. The molecule has 2 atom stereocenters. The number of ether oxygens (including phenoxy) is 2. The van der Waals surface area contributed by atoms with E-state index in [4.69, 9.17) is 9.47 Å². The molecule has 2 unspecified atom stereocenters. The van der Waals surface area contributed by atoms with Crippen LogP contribution in [0.4, 0.5) is 4.39 Å². The lowest BCUT2D eigenvalue weighted by atomic mass is 9.75. The Morgan fingerprint density at radius 2 is 1.91 bits per heavy atom. The van der Waals surface area contributed by atoms with Crippen molar-refractivity contribution in [2.75, 3.05) is 27.3 Å². The molecule has 32 heavy (non-hydrogen) atoms. The fourth-order valence-electron chi connectivity index (χ4n) is 6.29. The van der Waals surface area contributed by atoms with Crippen molar-refractivity contribution in [2.24, 2.45) is 11.8 Å². The summed E-state index contributed by atoms with van der Waals surface area (Å²) in [6.07, 6.45) is 6.30. The normalized spacial score (nSPS) is 23.3. The number of Topliss-reactive ketones (excluding diaryl/α,β-unsaturated/α-hetero) is 1. The van der Waals surface area contributed by atoms with Crippen LogP contribution in [0.1, 0.15) is 65.1 Å². The van der Waals surface area contributed by atoms with Gasteiger partial charge in [0.2, 0.25) is 0 Å². The first-order valence-electron chi connectivity index (χ1n) is 11.9. The second-order valence-electron chi connectivity index (χ2n) is 9.61. The first kappa shape index (κ1) is 21.4. The van der Waals surface area contributed by atoms with Crippen LogP contribution >= 0.6 is 0 Å². The van der Waals surface area contributed by atoms with Crippen molar-refractivity contribution in [3.63, 3.8) is 0 Å². The van der Waals surface area contributed by atoms with E-state index in [9.17, 15) is 9.18 Å². The number of nitrogens with zero attached hydrogens (tertiary/aromatic N) is 1. The van der Waals surface area contributed by atoms with Crippen molar-refractivity contribution < 1.29 is 18.7 Å². The molecule has 1 fully saturated rings. The first-order chi connectivity index (χ1) is 15.6. The Balaban J connectivity index is 1.27. The van der Waals surface area contributed by atoms with E-state index in [1.54, 1.807) is 26.4 Å². The van der Waals surface area contributed by atoms with Crippen molar-refractivity contribution in [1.29, 1.82) is 0 Å². The van der Waals surface area contributed by atoms with Crippen molar-refractivity contribution in [3.8, 4) is 11.5 Å². The average molecular weight is 438 g/mol. The summed E-state index contributed by atoms with van der Waals surface area (Å²) in [7, 11) is 3.34. The summed E-state index contributed by atoms with van der Waals surface area (Å²) in [6.45, 7) is 2.81. The summed E-state index contributed by atoms with van der Waals surface area (Å²) in [5.74, 6) is 2.60. The minimum absolute atomic E-state index is 0.0839. The van der Waals surface area contributed by atoms with Crippen LogP contribution in [0.3, 0.4) is 0 Å². The second-order valence-corrected chi connectivity index (χ2v) is 9.61. The smallest absolute Gasteiger partial charge is 0.167 e. The molecule has 5 heteroatoms. The van der Waals surface area contributed by atoms with Gasteiger partial charge in [-0.15, -0.1) is 0 Å². The molecule has 0 N–H and O–H groups in total. The van der Waals surface area contributed by atoms with Gasteiger partial charge in [0, 0.05) is 23.6 Å². The molecule has 1 saturated heterocycles. The maximum atomic E-state index is 13.5. The number of halogens is 1. The molecular formula is C27H32FNO3. The number of likely N-dealkylation sites (tertiary alicyclic amines) is 1. The number of benzene rings is 2. The molecule has 4 nitrogen and oxygen atoms in total. The molecule has 3 aliphatic rings. The van der Waals surface area contributed by atoms with Gasteiger partial charge in [-0.1, -0.05) is 12.1 Å². The lowest BCUT2D eigenvalue weighted by Crippen LogP contribution is -2.34. The van der Waals surface area contributed by atoms with Crippen molar-refractivity contribution >= 4 is 5.78 Å². The number of carbonyl (C=O) groups excluding carboxylic acids is 1. The summed E-state index contributed by atoms with van der Waals surface area (Å²) in [4.78, 5) is 15.9. The lowest BCUT2D eigenvalue weighted by molar-refractivity contribution is 0.0870. The van der Waals surface area contributed by atoms with Crippen molar-refractivity contribution in [2.45, 2.75) is 51.0 Å². The molecule has 5 rings (SSSR count). The number of ketones is 1. The summed E-state index contributed by atoms with van der Waals surface area (Å²) in [6, 6.07) is 8.81.